The number of rotatable bonds is 9. The molecule has 0 bridgehead atoms. The van der Waals surface area contributed by atoms with E-state index in [-0.39, 0.29) is 12.3 Å². The number of aliphatic carboxylic acids is 1. The highest BCUT2D eigenvalue weighted by atomic mass is 16.4. The molecule has 200 valence electrons. The molecule has 0 spiro atoms. The highest BCUT2D eigenvalue weighted by Gasteiger charge is 2.24. The summed E-state index contributed by atoms with van der Waals surface area (Å²) in [6.07, 6.45) is -0.231. The minimum Gasteiger partial charge on any atom is -0.481 e. The molecule has 0 saturated carbocycles. The van der Waals surface area contributed by atoms with Gasteiger partial charge in [0.05, 0.1) is 6.42 Å². The first-order chi connectivity index (χ1) is 19.3. The third-order valence-corrected chi connectivity index (χ3v) is 7.34. The highest BCUT2D eigenvalue weighted by Crippen LogP contribution is 2.28. The van der Waals surface area contributed by atoms with Gasteiger partial charge in [-0.3, -0.25) is 9.59 Å². The second-order valence-corrected chi connectivity index (χ2v) is 10.6. The maximum Gasteiger partial charge on any atom is 0.307 e. The Morgan fingerprint density at radius 2 is 1.57 bits per heavy atom. The van der Waals surface area contributed by atoms with Crippen molar-refractivity contribution in [3.63, 3.8) is 0 Å². The molecule has 40 heavy (non-hydrogen) atoms. The molecule has 1 amide bonds. The van der Waals surface area contributed by atoms with E-state index in [2.05, 4.69) is 67.7 Å². The molecule has 5 aromatic rings. The van der Waals surface area contributed by atoms with E-state index in [1.807, 2.05) is 60.9 Å². The zero-order valence-electron chi connectivity index (χ0n) is 23.1. The molecule has 1 heterocycles. The van der Waals surface area contributed by atoms with E-state index in [1.54, 1.807) is 0 Å². The topological polar surface area (TPSA) is 71.3 Å². The molecule has 1 aromatic heterocycles. The van der Waals surface area contributed by atoms with E-state index in [9.17, 15) is 14.7 Å². The Labute approximate surface area is 235 Å². The Hall–Kier alpha value is -4.58. The van der Waals surface area contributed by atoms with Crippen LogP contribution in [0.3, 0.4) is 0 Å². The van der Waals surface area contributed by atoms with E-state index in [4.69, 9.17) is 0 Å². The van der Waals surface area contributed by atoms with E-state index in [1.165, 1.54) is 5.56 Å². The minimum atomic E-state index is -0.966. The Morgan fingerprint density at radius 1 is 0.850 bits per heavy atom. The molecule has 0 aliphatic heterocycles. The Morgan fingerprint density at radius 3 is 2.27 bits per heavy atom. The van der Waals surface area contributed by atoms with Crippen molar-refractivity contribution < 1.29 is 14.7 Å². The van der Waals surface area contributed by atoms with Crippen molar-refractivity contribution in [3.8, 4) is 11.1 Å². The number of hydrogen-bond acceptors (Lipinski definition) is 2. The third-order valence-electron chi connectivity index (χ3n) is 7.34. The zero-order valence-corrected chi connectivity index (χ0v) is 23.1. The molecule has 0 unspecified atom stereocenters. The summed E-state index contributed by atoms with van der Waals surface area (Å²) in [5.74, 6) is -0.825. The molecular weight excluding hydrogens is 495 g/mol. The molecule has 0 aliphatic rings. The molecule has 0 fully saturated rings. The first-order valence-electron chi connectivity index (χ1n) is 13.6. The van der Waals surface area contributed by atoms with E-state index in [0.29, 0.717) is 30.3 Å². The Kier molecular flexibility index (Phi) is 7.88. The van der Waals surface area contributed by atoms with Crippen molar-refractivity contribution in [2.75, 3.05) is 0 Å². The number of hydrogen-bond donors (Lipinski definition) is 2. The normalized spacial score (nSPS) is 11.2. The zero-order chi connectivity index (χ0) is 28.2. The van der Waals surface area contributed by atoms with Gasteiger partial charge in [0.1, 0.15) is 13.5 Å². The number of benzene rings is 4. The maximum absolute atomic E-state index is 13.9. The van der Waals surface area contributed by atoms with Gasteiger partial charge in [0.25, 0.3) is 5.91 Å². The van der Waals surface area contributed by atoms with Crippen molar-refractivity contribution in [3.05, 3.63) is 125 Å². The molecule has 0 radical (unpaired) electrons. The summed E-state index contributed by atoms with van der Waals surface area (Å²) in [4.78, 5) is 25.8. The van der Waals surface area contributed by atoms with Gasteiger partial charge in [-0.2, -0.15) is 0 Å². The summed E-state index contributed by atoms with van der Waals surface area (Å²) in [5.41, 5.74) is 8.26. The number of fused-ring (bicyclic) bond motifs is 1. The predicted molar refractivity (Wildman–Crippen MR) is 164 cm³/mol. The van der Waals surface area contributed by atoms with Gasteiger partial charge in [0.2, 0.25) is 0 Å². The van der Waals surface area contributed by atoms with Crippen LogP contribution in [0, 0.1) is 0 Å². The number of carbonyl (C=O) groups is 2. The number of aromatic nitrogens is 1. The lowest BCUT2D eigenvalue weighted by atomic mass is 9.93. The predicted octanol–water partition coefficient (Wildman–Crippen LogP) is 5.30. The lowest BCUT2D eigenvalue weighted by molar-refractivity contribution is -0.136. The van der Waals surface area contributed by atoms with Gasteiger partial charge in [0.15, 0.2) is 0 Å². The number of amides is 1. The van der Waals surface area contributed by atoms with Crippen LogP contribution in [0.5, 0.6) is 0 Å². The van der Waals surface area contributed by atoms with Gasteiger partial charge in [-0.1, -0.05) is 104 Å². The Bertz CT molecular complexity index is 1670. The first kappa shape index (κ1) is 27.0. The number of carbonyl (C=O) groups excluding carboxylic acids is 1. The summed E-state index contributed by atoms with van der Waals surface area (Å²) in [6, 6.07) is 32.6. The van der Waals surface area contributed by atoms with E-state index < -0.39 is 5.97 Å². The van der Waals surface area contributed by atoms with Crippen molar-refractivity contribution in [1.29, 1.82) is 0 Å². The van der Waals surface area contributed by atoms with Gasteiger partial charge >= 0.3 is 5.97 Å². The highest BCUT2D eigenvalue weighted by molar-refractivity contribution is 6.33. The van der Waals surface area contributed by atoms with Gasteiger partial charge in [-0.15, -0.1) is 0 Å². The SMILES string of the molecule is Bc1ccc2c(c1)c(CC(=O)O)c(C(=O)NCc1cccc(-c3ccccc3)c1)n2Cc1ccc(C(C)C)cc1. The minimum absolute atomic E-state index is 0.231. The number of nitrogens with one attached hydrogen (secondary N) is 1. The van der Waals surface area contributed by atoms with Gasteiger partial charge < -0.3 is 15.0 Å². The summed E-state index contributed by atoms with van der Waals surface area (Å²) in [6.45, 7) is 5.11. The standard InChI is InChI=1S/C34H33BN2O3/c1-22(2)25-13-11-23(12-14-25)21-37-31-16-15-28(35)18-29(31)30(19-32(38)39)33(37)34(40)36-20-24-7-6-10-27(17-24)26-8-4-3-5-9-26/h3-18,22H,19-21,35H2,1-2H3,(H,36,40)(H,38,39). The lowest BCUT2D eigenvalue weighted by Gasteiger charge is -2.14. The van der Waals surface area contributed by atoms with Crippen LogP contribution in [0.25, 0.3) is 22.0 Å². The van der Waals surface area contributed by atoms with Crippen molar-refractivity contribution in [2.45, 2.75) is 39.3 Å². The largest absolute Gasteiger partial charge is 0.481 e. The quantitative estimate of drug-likeness (QED) is 0.255. The van der Waals surface area contributed by atoms with Gasteiger partial charge in [0, 0.05) is 29.6 Å². The second-order valence-electron chi connectivity index (χ2n) is 10.6. The summed E-state index contributed by atoms with van der Waals surface area (Å²) >= 11 is 0. The van der Waals surface area contributed by atoms with Crippen molar-refractivity contribution >= 4 is 36.1 Å². The molecule has 0 saturated heterocycles. The van der Waals surface area contributed by atoms with E-state index >= 15 is 0 Å². The summed E-state index contributed by atoms with van der Waals surface area (Å²) in [5, 5.41) is 13.7. The third kappa shape index (κ3) is 5.86. The number of carboxylic acid groups (broad SMARTS) is 1. The van der Waals surface area contributed by atoms with Crippen LogP contribution in [0.4, 0.5) is 0 Å². The average molecular weight is 528 g/mol. The fraction of sp³-hybridized carbons (Fsp3) is 0.176. The molecule has 5 nitrogen and oxygen atoms in total. The van der Waals surface area contributed by atoms with Crippen LogP contribution in [0.2, 0.25) is 0 Å². The second kappa shape index (κ2) is 11.7. The average Bonchev–Trinajstić information content (AvgIpc) is 3.24. The maximum atomic E-state index is 13.9. The van der Waals surface area contributed by atoms with Gasteiger partial charge in [-0.05, 0) is 45.9 Å². The smallest absolute Gasteiger partial charge is 0.307 e. The molecular formula is C34H33BN2O3. The van der Waals surface area contributed by atoms with Crippen molar-refractivity contribution in [2.24, 2.45) is 0 Å². The van der Waals surface area contributed by atoms with Crippen LogP contribution in [-0.2, 0) is 24.3 Å². The van der Waals surface area contributed by atoms with Crippen LogP contribution >= 0.6 is 0 Å². The van der Waals surface area contributed by atoms with E-state index in [0.717, 1.165) is 38.6 Å². The van der Waals surface area contributed by atoms with Crippen LogP contribution in [0.1, 0.15) is 52.5 Å². The first-order valence-corrected chi connectivity index (χ1v) is 13.6. The molecule has 6 heteroatoms. The number of carboxylic acids is 1. The van der Waals surface area contributed by atoms with Crippen LogP contribution in [-0.4, -0.2) is 29.4 Å². The monoisotopic (exact) mass is 528 g/mol. The molecule has 2 N–H and O–H groups in total. The summed E-state index contributed by atoms with van der Waals surface area (Å²) in [7, 11) is 1.98. The molecule has 0 aliphatic carbocycles. The molecule has 5 rings (SSSR count). The fourth-order valence-corrected chi connectivity index (χ4v) is 5.24. The van der Waals surface area contributed by atoms with Gasteiger partial charge in [-0.25, -0.2) is 0 Å². The lowest BCUT2D eigenvalue weighted by Crippen LogP contribution is -2.27. The summed E-state index contributed by atoms with van der Waals surface area (Å²) < 4.78 is 1.97. The van der Waals surface area contributed by atoms with Crippen molar-refractivity contribution in [1.82, 2.24) is 9.88 Å². The Balaban J connectivity index is 1.51. The fourth-order valence-electron chi connectivity index (χ4n) is 5.24. The number of nitrogens with zero attached hydrogens (tertiary/aromatic N) is 1. The molecule has 0 atom stereocenters. The molecule has 4 aromatic carbocycles. The van der Waals surface area contributed by atoms with Crippen LogP contribution in [0.15, 0.2) is 97.1 Å². The van der Waals surface area contributed by atoms with Crippen LogP contribution < -0.4 is 10.8 Å².